The number of ether oxygens (including phenoxy) is 1. The van der Waals surface area contributed by atoms with Crippen molar-refractivity contribution in [1.29, 1.82) is 0 Å². The normalized spacial score (nSPS) is 13.5. The molecule has 0 saturated heterocycles. The van der Waals surface area contributed by atoms with Crippen LogP contribution in [0.25, 0.3) is 10.9 Å². The van der Waals surface area contributed by atoms with Gasteiger partial charge in [0.1, 0.15) is 23.7 Å². The molecule has 4 rings (SSSR count). The standard InChI is InChI=1S/C26H29ClFN5O2/c1-3-33(4-2)11-5-6-25(34)32-23-13-19-22(14-24(23)35-15-17-7-8-17)29-16-30-26(19)31-18-9-10-21(28)20(27)12-18/h5-6,9-10,12-14,16-17H,3-4,7-8,11,15H2,1-2H3,(H,32,34)(H,29,30,31)/b6-5+. The van der Waals surface area contributed by atoms with Crippen LogP contribution in [0, 0.1) is 11.7 Å². The van der Waals surface area contributed by atoms with E-state index in [4.69, 9.17) is 16.3 Å². The first-order chi connectivity index (χ1) is 17.0. The number of aromatic nitrogens is 2. The average molecular weight is 498 g/mol. The van der Waals surface area contributed by atoms with Crippen molar-refractivity contribution in [2.75, 3.05) is 36.9 Å². The number of hydrogen-bond donors (Lipinski definition) is 2. The first-order valence-electron chi connectivity index (χ1n) is 11.8. The van der Waals surface area contributed by atoms with Crippen LogP contribution in [0.3, 0.4) is 0 Å². The van der Waals surface area contributed by atoms with Gasteiger partial charge in [-0.25, -0.2) is 14.4 Å². The summed E-state index contributed by atoms with van der Waals surface area (Å²) in [5, 5.41) is 6.78. The van der Waals surface area contributed by atoms with Gasteiger partial charge in [-0.15, -0.1) is 0 Å². The van der Waals surface area contributed by atoms with Crippen molar-refractivity contribution in [3.8, 4) is 5.75 Å². The van der Waals surface area contributed by atoms with E-state index in [1.165, 1.54) is 24.5 Å². The van der Waals surface area contributed by atoms with Gasteiger partial charge in [0.25, 0.3) is 0 Å². The molecular formula is C26H29ClFN5O2. The number of halogens is 2. The number of nitrogens with zero attached hydrogens (tertiary/aromatic N) is 3. The molecule has 0 bridgehead atoms. The van der Waals surface area contributed by atoms with Crippen molar-refractivity contribution in [2.24, 2.45) is 5.92 Å². The highest BCUT2D eigenvalue weighted by Gasteiger charge is 2.23. The van der Waals surface area contributed by atoms with Crippen LogP contribution in [0.5, 0.6) is 5.75 Å². The third-order valence-corrected chi connectivity index (χ3v) is 6.17. The summed E-state index contributed by atoms with van der Waals surface area (Å²) in [6, 6.07) is 7.94. The maximum atomic E-state index is 13.6. The van der Waals surface area contributed by atoms with E-state index in [1.54, 1.807) is 18.2 Å². The Kier molecular flexibility index (Phi) is 8.15. The molecule has 35 heavy (non-hydrogen) atoms. The molecule has 1 amide bonds. The topological polar surface area (TPSA) is 79.4 Å². The average Bonchev–Trinajstić information content (AvgIpc) is 3.68. The largest absolute Gasteiger partial charge is 0.491 e. The number of amides is 1. The SMILES string of the molecule is CCN(CC)C/C=C/C(=O)Nc1cc2c(Nc3ccc(F)c(Cl)c3)ncnc2cc1OCC1CC1. The third-order valence-electron chi connectivity index (χ3n) is 5.88. The summed E-state index contributed by atoms with van der Waals surface area (Å²) in [5.74, 6) is 0.864. The van der Waals surface area contributed by atoms with Crippen molar-refractivity contribution in [1.82, 2.24) is 14.9 Å². The molecule has 0 spiro atoms. The molecule has 1 aromatic heterocycles. The minimum atomic E-state index is -0.499. The van der Waals surface area contributed by atoms with Gasteiger partial charge in [0.15, 0.2) is 0 Å². The highest BCUT2D eigenvalue weighted by atomic mass is 35.5. The van der Waals surface area contributed by atoms with Gasteiger partial charge in [-0.2, -0.15) is 0 Å². The molecule has 7 nitrogen and oxygen atoms in total. The summed E-state index contributed by atoms with van der Waals surface area (Å²) in [5.41, 5.74) is 1.76. The molecule has 9 heteroatoms. The van der Waals surface area contributed by atoms with Gasteiger partial charge in [-0.05, 0) is 56.1 Å². The molecule has 184 valence electrons. The first-order valence-corrected chi connectivity index (χ1v) is 12.2. The molecule has 0 radical (unpaired) electrons. The fourth-order valence-corrected chi connectivity index (χ4v) is 3.75. The number of likely N-dealkylation sites (N-methyl/N-ethyl adjacent to an activating group) is 1. The maximum Gasteiger partial charge on any atom is 0.248 e. The van der Waals surface area contributed by atoms with Crippen LogP contribution in [0.4, 0.5) is 21.6 Å². The predicted molar refractivity (Wildman–Crippen MR) is 138 cm³/mol. The van der Waals surface area contributed by atoms with Gasteiger partial charge in [0.05, 0.1) is 22.8 Å². The fourth-order valence-electron chi connectivity index (χ4n) is 3.57. The molecule has 3 aromatic rings. The number of fused-ring (bicyclic) bond motifs is 1. The summed E-state index contributed by atoms with van der Waals surface area (Å²) >= 11 is 5.93. The summed E-state index contributed by atoms with van der Waals surface area (Å²) in [6.45, 7) is 7.30. The lowest BCUT2D eigenvalue weighted by Crippen LogP contribution is -2.23. The van der Waals surface area contributed by atoms with E-state index in [2.05, 4.69) is 39.3 Å². The van der Waals surface area contributed by atoms with Crippen LogP contribution in [-0.2, 0) is 4.79 Å². The number of hydrogen-bond acceptors (Lipinski definition) is 6. The molecule has 1 heterocycles. The van der Waals surface area contributed by atoms with Crippen molar-refractivity contribution in [3.63, 3.8) is 0 Å². The minimum Gasteiger partial charge on any atom is -0.491 e. The van der Waals surface area contributed by atoms with Gasteiger partial charge in [-0.3, -0.25) is 4.79 Å². The fraction of sp³-hybridized carbons (Fsp3) is 0.346. The Morgan fingerprint density at radius 2 is 2.03 bits per heavy atom. The van der Waals surface area contributed by atoms with Gasteiger partial charge >= 0.3 is 0 Å². The number of nitrogens with one attached hydrogen (secondary N) is 2. The molecule has 1 fully saturated rings. The number of anilines is 3. The van der Waals surface area contributed by atoms with Gasteiger partial charge in [0.2, 0.25) is 5.91 Å². The number of carbonyl (C=O) groups is 1. The zero-order valence-electron chi connectivity index (χ0n) is 19.9. The van der Waals surface area contributed by atoms with Crippen molar-refractivity contribution >= 4 is 45.6 Å². The smallest absolute Gasteiger partial charge is 0.248 e. The molecule has 1 saturated carbocycles. The van der Waals surface area contributed by atoms with Crippen LogP contribution in [0.15, 0.2) is 48.8 Å². The number of carbonyl (C=O) groups excluding carboxylic acids is 1. The lowest BCUT2D eigenvalue weighted by Gasteiger charge is -2.16. The van der Waals surface area contributed by atoms with Crippen LogP contribution < -0.4 is 15.4 Å². The Hall–Kier alpha value is -3.23. The Morgan fingerprint density at radius 1 is 1.23 bits per heavy atom. The lowest BCUT2D eigenvalue weighted by atomic mass is 10.1. The lowest BCUT2D eigenvalue weighted by molar-refractivity contribution is -0.111. The monoisotopic (exact) mass is 497 g/mol. The predicted octanol–water partition coefficient (Wildman–Crippen LogP) is 5.79. The number of rotatable bonds is 11. The Balaban J connectivity index is 1.61. The van der Waals surface area contributed by atoms with E-state index in [0.29, 0.717) is 52.9 Å². The van der Waals surface area contributed by atoms with Crippen LogP contribution in [0.1, 0.15) is 26.7 Å². The van der Waals surface area contributed by atoms with Crippen LogP contribution in [0.2, 0.25) is 5.02 Å². The molecule has 2 aromatic carbocycles. The molecule has 1 aliphatic rings. The van der Waals surface area contributed by atoms with E-state index in [0.717, 1.165) is 25.9 Å². The van der Waals surface area contributed by atoms with Crippen molar-refractivity contribution < 1.29 is 13.9 Å². The second kappa shape index (κ2) is 11.5. The molecule has 0 atom stereocenters. The van der Waals surface area contributed by atoms with E-state index < -0.39 is 5.82 Å². The van der Waals surface area contributed by atoms with Gasteiger partial charge < -0.3 is 20.3 Å². The highest BCUT2D eigenvalue weighted by molar-refractivity contribution is 6.31. The van der Waals surface area contributed by atoms with Crippen molar-refractivity contribution in [2.45, 2.75) is 26.7 Å². The molecule has 1 aliphatic carbocycles. The zero-order valence-corrected chi connectivity index (χ0v) is 20.6. The Labute approximate surface area is 209 Å². The van der Waals surface area contributed by atoms with E-state index in [-0.39, 0.29) is 10.9 Å². The molecule has 0 unspecified atom stereocenters. The first kappa shape index (κ1) is 24.9. The Morgan fingerprint density at radius 3 is 2.74 bits per heavy atom. The van der Waals surface area contributed by atoms with Gasteiger partial charge in [-0.1, -0.05) is 31.5 Å². The van der Waals surface area contributed by atoms with E-state index in [9.17, 15) is 9.18 Å². The second-order valence-corrected chi connectivity index (χ2v) is 8.88. The summed E-state index contributed by atoms with van der Waals surface area (Å²) in [7, 11) is 0. The minimum absolute atomic E-state index is 0.00794. The molecule has 0 aliphatic heterocycles. The van der Waals surface area contributed by atoms with Crippen LogP contribution >= 0.6 is 11.6 Å². The maximum absolute atomic E-state index is 13.6. The molecular weight excluding hydrogens is 469 g/mol. The third kappa shape index (κ3) is 6.68. The van der Waals surface area contributed by atoms with Crippen LogP contribution in [-0.4, -0.2) is 47.0 Å². The summed E-state index contributed by atoms with van der Waals surface area (Å²) in [4.78, 5) is 23.6. The second-order valence-electron chi connectivity index (χ2n) is 8.47. The molecule has 2 N–H and O–H groups in total. The summed E-state index contributed by atoms with van der Waals surface area (Å²) in [6.07, 6.45) is 7.13. The number of benzene rings is 2. The van der Waals surface area contributed by atoms with Gasteiger partial charge in [0, 0.05) is 29.8 Å². The van der Waals surface area contributed by atoms with E-state index in [1.807, 2.05) is 6.08 Å². The Bertz CT molecular complexity index is 1230. The van der Waals surface area contributed by atoms with E-state index >= 15 is 0 Å². The zero-order chi connectivity index (χ0) is 24.8. The quantitative estimate of drug-likeness (QED) is 0.326. The van der Waals surface area contributed by atoms with Crippen molar-refractivity contribution in [3.05, 3.63) is 59.7 Å². The summed E-state index contributed by atoms with van der Waals surface area (Å²) < 4.78 is 19.6. The highest BCUT2D eigenvalue weighted by Crippen LogP contribution is 2.36.